The highest BCUT2D eigenvalue weighted by molar-refractivity contribution is 7.89. The molecular weight excluding hydrogens is 264 g/mol. The Morgan fingerprint density at radius 1 is 1.47 bits per heavy atom. The van der Waals surface area contributed by atoms with Gasteiger partial charge in [0.1, 0.15) is 0 Å². The number of nitrogens with zero attached hydrogens (tertiary/aromatic N) is 1. The summed E-state index contributed by atoms with van der Waals surface area (Å²) in [5, 5.41) is 8.62. The first-order valence-corrected chi connectivity index (χ1v) is 7.39. The van der Waals surface area contributed by atoms with Gasteiger partial charge in [0.15, 0.2) is 5.78 Å². The molecule has 1 aromatic rings. The summed E-state index contributed by atoms with van der Waals surface area (Å²) in [6.45, 7) is 3.18. The average Bonchev–Trinajstić information content (AvgIpc) is 2.38. The van der Waals surface area contributed by atoms with Crippen LogP contribution in [0.25, 0.3) is 0 Å². The summed E-state index contributed by atoms with van der Waals surface area (Å²) < 4.78 is 26.7. The van der Waals surface area contributed by atoms with Crippen LogP contribution in [0.2, 0.25) is 0 Å². The lowest BCUT2D eigenvalue weighted by atomic mass is 10.2. The van der Waals surface area contributed by atoms with Crippen LogP contribution in [0.15, 0.2) is 29.2 Å². The second kappa shape index (κ2) is 6.45. The van der Waals surface area contributed by atoms with Crippen molar-refractivity contribution in [1.82, 2.24) is 4.72 Å². The van der Waals surface area contributed by atoms with Crippen molar-refractivity contribution in [3.8, 4) is 6.07 Å². The van der Waals surface area contributed by atoms with E-state index in [0.717, 1.165) is 0 Å². The topological polar surface area (TPSA) is 87.0 Å². The molecule has 1 unspecified atom stereocenters. The monoisotopic (exact) mass is 280 g/mol. The van der Waals surface area contributed by atoms with E-state index >= 15 is 0 Å². The number of sulfonamides is 1. The van der Waals surface area contributed by atoms with Gasteiger partial charge >= 0.3 is 0 Å². The van der Waals surface area contributed by atoms with Gasteiger partial charge in [-0.1, -0.05) is 19.1 Å². The Bertz CT molecular complexity index is 603. The lowest BCUT2D eigenvalue weighted by molar-refractivity contribution is 0.101. The van der Waals surface area contributed by atoms with Crippen molar-refractivity contribution in [2.24, 2.45) is 0 Å². The zero-order chi connectivity index (χ0) is 14.5. The fourth-order valence-electron chi connectivity index (χ4n) is 1.55. The number of nitriles is 1. The molecular formula is C13H16N2O3S. The van der Waals surface area contributed by atoms with Gasteiger partial charge in [-0.2, -0.15) is 5.26 Å². The van der Waals surface area contributed by atoms with Crippen molar-refractivity contribution >= 4 is 15.8 Å². The first-order valence-electron chi connectivity index (χ1n) is 5.91. The minimum Gasteiger partial charge on any atom is -0.295 e. The molecule has 0 heterocycles. The normalized spacial score (nSPS) is 12.7. The summed E-state index contributed by atoms with van der Waals surface area (Å²) in [5.74, 6) is -0.193. The number of hydrogen-bond acceptors (Lipinski definition) is 4. The number of hydrogen-bond donors (Lipinski definition) is 1. The first-order chi connectivity index (χ1) is 8.90. The average molecular weight is 280 g/mol. The summed E-state index contributed by atoms with van der Waals surface area (Å²) >= 11 is 0. The van der Waals surface area contributed by atoms with Crippen molar-refractivity contribution in [3.63, 3.8) is 0 Å². The Hall–Kier alpha value is -1.71. The standard InChI is InChI=1S/C13H16N2O3S/c1-3-12(7-8-14)15-19(17,18)13-6-4-5-11(9-13)10(2)16/h4-6,9,12,15H,3,7H2,1-2H3. The van der Waals surface area contributed by atoms with Gasteiger partial charge < -0.3 is 0 Å². The van der Waals surface area contributed by atoms with Gasteiger partial charge in [0.25, 0.3) is 0 Å². The highest BCUT2D eigenvalue weighted by atomic mass is 32.2. The summed E-state index contributed by atoms with van der Waals surface area (Å²) in [4.78, 5) is 11.3. The molecule has 0 aromatic heterocycles. The van der Waals surface area contributed by atoms with E-state index in [0.29, 0.717) is 12.0 Å². The van der Waals surface area contributed by atoms with Crippen molar-refractivity contribution in [3.05, 3.63) is 29.8 Å². The third-order valence-corrected chi connectivity index (χ3v) is 4.22. The Balaban J connectivity index is 3.03. The molecule has 0 fully saturated rings. The second-order valence-electron chi connectivity index (χ2n) is 4.17. The molecule has 1 rings (SSSR count). The molecule has 0 saturated heterocycles. The Morgan fingerprint density at radius 2 is 2.16 bits per heavy atom. The largest absolute Gasteiger partial charge is 0.295 e. The molecule has 19 heavy (non-hydrogen) atoms. The van der Waals surface area contributed by atoms with Gasteiger partial charge in [-0.25, -0.2) is 13.1 Å². The Labute approximate surface area is 113 Å². The van der Waals surface area contributed by atoms with Crippen molar-refractivity contribution in [1.29, 1.82) is 5.26 Å². The molecule has 1 N–H and O–H groups in total. The number of nitrogens with one attached hydrogen (secondary N) is 1. The maximum absolute atomic E-state index is 12.1. The van der Waals surface area contributed by atoms with Crippen molar-refractivity contribution in [2.45, 2.75) is 37.6 Å². The van der Waals surface area contributed by atoms with Gasteiger partial charge in [0.2, 0.25) is 10.0 Å². The SMILES string of the molecule is CCC(CC#N)NS(=O)(=O)c1cccc(C(C)=O)c1. The Morgan fingerprint density at radius 3 is 2.68 bits per heavy atom. The minimum atomic E-state index is -3.70. The van der Waals surface area contributed by atoms with Crippen LogP contribution in [0.4, 0.5) is 0 Å². The fraction of sp³-hybridized carbons (Fsp3) is 0.385. The minimum absolute atomic E-state index is 0.0385. The molecule has 5 nitrogen and oxygen atoms in total. The van der Waals surface area contributed by atoms with Gasteiger partial charge in [0.05, 0.1) is 17.4 Å². The van der Waals surface area contributed by atoms with Gasteiger partial charge in [-0.15, -0.1) is 0 Å². The molecule has 0 amide bonds. The summed E-state index contributed by atoms with van der Waals surface area (Å²) in [6.07, 6.45) is 0.640. The van der Waals surface area contributed by atoms with E-state index in [2.05, 4.69) is 4.72 Å². The molecule has 6 heteroatoms. The van der Waals surface area contributed by atoms with Crippen LogP contribution >= 0.6 is 0 Å². The van der Waals surface area contributed by atoms with E-state index in [1.54, 1.807) is 13.0 Å². The molecule has 0 aliphatic rings. The maximum atomic E-state index is 12.1. The Kier molecular flexibility index (Phi) is 5.21. The van der Waals surface area contributed by atoms with Crippen LogP contribution in [0.1, 0.15) is 37.0 Å². The lowest BCUT2D eigenvalue weighted by Gasteiger charge is -2.14. The molecule has 0 bridgehead atoms. The molecule has 0 radical (unpaired) electrons. The van der Waals surface area contributed by atoms with E-state index in [4.69, 9.17) is 5.26 Å². The third-order valence-electron chi connectivity index (χ3n) is 2.70. The highest BCUT2D eigenvalue weighted by Crippen LogP contribution is 2.13. The quantitative estimate of drug-likeness (QED) is 0.806. The van der Waals surface area contributed by atoms with Crippen LogP contribution < -0.4 is 4.72 Å². The third kappa shape index (κ3) is 4.16. The van der Waals surface area contributed by atoms with Crippen LogP contribution in [0.3, 0.4) is 0 Å². The number of benzene rings is 1. The predicted octanol–water partition coefficient (Wildman–Crippen LogP) is 1.86. The molecule has 0 aliphatic heterocycles. The zero-order valence-corrected chi connectivity index (χ0v) is 11.7. The first kappa shape index (κ1) is 15.3. The second-order valence-corrected chi connectivity index (χ2v) is 5.89. The fourth-order valence-corrected chi connectivity index (χ4v) is 2.91. The molecule has 0 saturated carbocycles. The van der Waals surface area contributed by atoms with E-state index in [1.807, 2.05) is 6.07 Å². The number of carbonyl (C=O) groups is 1. The molecule has 102 valence electrons. The van der Waals surface area contributed by atoms with Crippen LogP contribution in [0.5, 0.6) is 0 Å². The smallest absolute Gasteiger partial charge is 0.240 e. The van der Waals surface area contributed by atoms with E-state index < -0.39 is 16.1 Å². The van der Waals surface area contributed by atoms with E-state index in [-0.39, 0.29) is 17.1 Å². The molecule has 1 aromatic carbocycles. The number of ketones is 1. The van der Waals surface area contributed by atoms with Crippen molar-refractivity contribution in [2.75, 3.05) is 0 Å². The summed E-state index contributed by atoms with van der Waals surface area (Å²) in [5.41, 5.74) is 0.344. The van der Waals surface area contributed by atoms with Crippen LogP contribution in [0, 0.1) is 11.3 Å². The lowest BCUT2D eigenvalue weighted by Crippen LogP contribution is -2.34. The zero-order valence-electron chi connectivity index (χ0n) is 10.9. The predicted molar refractivity (Wildman–Crippen MR) is 71.1 cm³/mol. The molecule has 0 aliphatic carbocycles. The van der Waals surface area contributed by atoms with Gasteiger partial charge in [0, 0.05) is 11.6 Å². The maximum Gasteiger partial charge on any atom is 0.240 e. The van der Waals surface area contributed by atoms with Crippen molar-refractivity contribution < 1.29 is 13.2 Å². The summed E-state index contributed by atoms with van der Waals surface area (Å²) in [7, 11) is -3.70. The molecule has 0 spiro atoms. The number of carbonyl (C=O) groups excluding carboxylic acids is 1. The van der Waals surface area contributed by atoms with Crippen LogP contribution in [-0.2, 0) is 10.0 Å². The summed E-state index contributed by atoms with van der Waals surface area (Å²) in [6, 6.07) is 7.37. The number of Topliss-reactive ketones (excluding diaryl/α,β-unsaturated/α-hetero) is 1. The van der Waals surface area contributed by atoms with Gasteiger partial charge in [-0.3, -0.25) is 4.79 Å². The van der Waals surface area contributed by atoms with E-state index in [1.165, 1.54) is 25.1 Å². The molecule has 1 atom stereocenters. The highest BCUT2D eigenvalue weighted by Gasteiger charge is 2.19. The van der Waals surface area contributed by atoms with Gasteiger partial charge in [-0.05, 0) is 25.5 Å². The number of rotatable bonds is 6. The van der Waals surface area contributed by atoms with E-state index in [9.17, 15) is 13.2 Å². The van der Waals surface area contributed by atoms with Crippen LogP contribution in [-0.4, -0.2) is 20.2 Å².